The Morgan fingerprint density at radius 3 is 2.33 bits per heavy atom. The fourth-order valence-corrected chi connectivity index (χ4v) is 2.10. The molecule has 0 saturated carbocycles. The maximum atomic E-state index is 12.4. The number of quaternary nitrogens is 1. The Hall–Kier alpha value is -1.42. The molecule has 18 heavy (non-hydrogen) atoms. The lowest BCUT2D eigenvalue weighted by atomic mass is 10.2. The van der Waals surface area contributed by atoms with Crippen molar-refractivity contribution in [3.05, 3.63) is 41.0 Å². The number of rotatable bonds is 3. The van der Waals surface area contributed by atoms with Crippen molar-refractivity contribution in [2.45, 2.75) is 11.1 Å². The molecular formula is C9H8F3NO4S. The van der Waals surface area contributed by atoms with Gasteiger partial charge in [0.25, 0.3) is 0 Å². The van der Waals surface area contributed by atoms with E-state index in [0.717, 1.165) is 0 Å². The molecule has 0 spiro atoms. The minimum atomic E-state index is -4.75. The summed E-state index contributed by atoms with van der Waals surface area (Å²) in [5.41, 5.74) is -2.17. The van der Waals surface area contributed by atoms with Crippen LogP contribution >= 0.6 is 0 Å². The first-order chi connectivity index (χ1) is 8.09. The average molecular weight is 283 g/mol. The molecule has 9 heteroatoms. The number of nitrogens with one attached hydrogen (secondary N) is 1. The maximum Gasteiger partial charge on any atom is 0.416 e. The topological polar surface area (TPSA) is 81.9 Å². The van der Waals surface area contributed by atoms with Gasteiger partial charge in [-0.3, -0.25) is 0 Å². The van der Waals surface area contributed by atoms with Crippen LogP contribution in [0.3, 0.4) is 0 Å². The summed E-state index contributed by atoms with van der Waals surface area (Å²) in [5.74, 6) is 0. The second-order valence-corrected chi connectivity index (χ2v) is 5.09. The van der Waals surface area contributed by atoms with E-state index in [0.29, 0.717) is 17.5 Å². The van der Waals surface area contributed by atoms with Gasteiger partial charge in [0, 0.05) is 11.5 Å². The van der Waals surface area contributed by atoms with Crippen molar-refractivity contribution in [1.29, 1.82) is 0 Å². The van der Waals surface area contributed by atoms with Gasteiger partial charge in [0.05, 0.1) is 5.56 Å². The van der Waals surface area contributed by atoms with Crippen LogP contribution in [0, 0.1) is 5.21 Å². The third-order valence-electron chi connectivity index (χ3n) is 2.06. The number of benzene rings is 1. The van der Waals surface area contributed by atoms with Crippen LogP contribution in [0.15, 0.2) is 35.1 Å². The van der Waals surface area contributed by atoms with Gasteiger partial charge >= 0.3 is 6.18 Å². The Morgan fingerprint density at radius 2 is 1.94 bits per heavy atom. The third kappa shape index (κ3) is 2.88. The second kappa shape index (κ2) is 4.69. The van der Waals surface area contributed by atoms with Crippen molar-refractivity contribution in [1.82, 2.24) is 0 Å². The molecule has 0 aromatic heterocycles. The lowest BCUT2D eigenvalue weighted by Gasteiger charge is -2.16. The van der Waals surface area contributed by atoms with Gasteiger partial charge in [-0.1, -0.05) is 6.58 Å². The summed E-state index contributed by atoms with van der Waals surface area (Å²) in [5, 5.41) is 18.3. The Balaban J connectivity index is 3.54. The van der Waals surface area contributed by atoms with E-state index in [1.807, 2.05) is 0 Å². The van der Waals surface area contributed by atoms with Crippen LogP contribution in [0.1, 0.15) is 5.56 Å². The molecule has 1 rings (SSSR count). The van der Waals surface area contributed by atoms with Gasteiger partial charge in [-0.25, -0.2) is 13.6 Å². The smallest absolute Gasteiger partial charge is 0.416 e. The molecule has 0 radical (unpaired) electrons. The van der Waals surface area contributed by atoms with E-state index >= 15 is 0 Å². The van der Waals surface area contributed by atoms with Crippen molar-refractivity contribution in [3.8, 4) is 0 Å². The summed E-state index contributed by atoms with van der Waals surface area (Å²) in [4.78, 5) is -0.724. The van der Waals surface area contributed by atoms with Crippen LogP contribution < -0.4 is 5.23 Å². The van der Waals surface area contributed by atoms with Crippen molar-refractivity contribution in [2.75, 3.05) is 0 Å². The summed E-state index contributed by atoms with van der Waals surface area (Å²) in [6.45, 7) is 2.98. The predicted molar refractivity (Wildman–Crippen MR) is 54.6 cm³/mol. The molecule has 0 saturated heterocycles. The highest BCUT2D eigenvalue weighted by atomic mass is 32.2. The van der Waals surface area contributed by atoms with Gasteiger partial charge in [-0.15, -0.1) is 0 Å². The van der Waals surface area contributed by atoms with E-state index < -0.39 is 37.4 Å². The molecule has 5 nitrogen and oxygen atoms in total. The summed E-state index contributed by atoms with van der Waals surface area (Å²) < 4.78 is 60.0. The molecule has 0 amide bonds. The molecule has 100 valence electrons. The molecule has 0 bridgehead atoms. The molecule has 2 N–H and O–H groups in total. The summed E-state index contributed by atoms with van der Waals surface area (Å²) in [6, 6.07) is 1.38. The van der Waals surface area contributed by atoms with Crippen LogP contribution in [0.2, 0.25) is 0 Å². The first-order valence-electron chi connectivity index (χ1n) is 4.41. The summed E-state index contributed by atoms with van der Waals surface area (Å²) >= 11 is 0. The molecule has 1 aromatic rings. The van der Waals surface area contributed by atoms with Crippen molar-refractivity contribution in [2.24, 2.45) is 0 Å². The third-order valence-corrected chi connectivity index (χ3v) is 3.47. The molecule has 1 atom stereocenters. The van der Waals surface area contributed by atoms with Gasteiger partial charge in [0.2, 0.25) is 9.84 Å². The number of halogens is 3. The van der Waals surface area contributed by atoms with Gasteiger partial charge in [-0.2, -0.15) is 18.4 Å². The number of alkyl halides is 3. The molecule has 1 unspecified atom stereocenters. The van der Waals surface area contributed by atoms with E-state index in [4.69, 9.17) is 5.21 Å². The Kier molecular flexibility index (Phi) is 3.81. The summed E-state index contributed by atoms with van der Waals surface area (Å²) in [6.07, 6.45) is -4.75. The molecule has 0 fully saturated rings. The molecule has 0 heterocycles. The lowest BCUT2D eigenvalue weighted by Crippen LogP contribution is -2.99. The SMILES string of the molecule is C=CS(=O)(=O)c1ccc(C(F)(F)F)cc1[NH+]([O-])O. The first-order valence-corrected chi connectivity index (χ1v) is 5.96. The van der Waals surface area contributed by atoms with Crippen molar-refractivity contribution in [3.63, 3.8) is 0 Å². The monoisotopic (exact) mass is 283 g/mol. The van der Waals surface area contributed by atoms with Gasteiger partial charge in [0.1, 0.15) is 4.90 Å². The van der Waals surface area contributed by atoms with E-state index in [2.05, 4.69) is 6.58 Å². The molecular weight excluding hydrogens is 275 g/mol. The Labute approximate surface area is 100 Å². The predicted octanol–water partition coefficient (Wildman–Crippen LogP) is 1.03. The van der Waals surface area contributed by atoms with Crippen LogP contribution in [0.25, 0.3) is 0 Å². The van der Waals surface area contributed by atoms with E-state index in [-0.39, 0.29) is 6.07 Å². The molecule has 0 aliphatic rings. The highest BCUT2D eigenvalue weighted by molar-refractivity contribution is 7.94. The lowest BCUT2D eigenvalue weighted by molar-refractivity contribution is -0.992. The second-order valence-electron chi connectivity index (χ2n) is 3.23. The highest BCUT2D eigenvalue weighted by Crippen LogP contribution is 2.32. The fourth-order valence-electron chi connectivity index (χ4n) is 1.21. The standard InChI is InChI=1S/C9H8F3NO4S/c1-2-18(16,17)8-4-3-6(9(10,11)12)5-7(8)13(14)15/h2-5,13-14H,1H2. The van der Waals surface area contributed by atoms with Crippen molar-refractivity contribution < 1.29 is 32.0 Å². The molecule has 0 aliphatic heterocycles. The highest BCUT2D eigenvalue weighted by Gasteiger charge is 2.33. The van der Waals surface area contributed by atoms with E-state index in [9.17, 15) is 26.8 Å². The van der Waals surface area contributed by atoms with E-state index in [1.165, 1.54) is 0 Å². The zero-order valence-corrected chi connectivity index (χ0v) is 9.55. The molecule has 0 aliphatic carbocycles. The Morgan fingerprint density at radius 1 is 1.39 bits per heavy atom. The van der Waals surface area contributed by atoms with Crippen LogP contribution in [0.4, 0.5) is 18.9 Å². The summed E-state index contributed by atoms with van der Waals surface area (Å²) in [7, 11) is -4.12. The quantitative estimate of drug-likeness (QED) is 0.812. The van der Waals surface area contributed by atoms with Crippen LogP contribution in [-0.2, 0) is 16.0 Å². The minimum Gasteiger partial charge on any atom is -0.595 e. The maximum absolute atomic E-state index is 12.4. The first kappa shape index (κ1) is 14.6. The minimum absolute atomic E-state index is 0.277. The van der Waals surface area contributed by atoms with Crippen molar-refractivity contribution >= 4 is 15.5 Å². The largest absolute Gasteiger partial charge is 0.595 e. The molecule has 1 aromatic carbocycles. The average Bonchev–Trinajstić information content (AvgIpc) is 2.27. The fraction of sp³-hybridized carbons (Fsp3) is 0.111. The zero-order valence-electron chi connectivity index (χ0n) is 8.73. The Bertz CT molecular complexity index is 566. The number of sulfone groups is 1. The van der Waals surface area contributed by atoms with Gasteiger partial charge < -0.3 is 5.21 Å². The van der Waals surface area contributed by atoms with Gasteiger partial charge in [0.15, 0.2) is 5.69 Å². The van der Waals surface area contributed by atoms with Gasteiger partial charge in [-0.05, 0) is 12.1 Å². The van der Waals surface area contributed by atoms with Crippen LogP contribution in [-0.4, -0.2) is 13.6 Å². The normalized spacial score (nSPS) is 14.3. The number of hydrogen-bond donors (Lipinski definition) is 2. The number of hydrogen-bond acceptors (Lipinski definition) is 4. The van der Waals surface area contributed by atoms with E-state index in [1.54, 1.807) is 0 Å². The van der Waals surface area contributed by atoms with Crippen LogP contribution in [0.5, 0.6) is 0 Å². The zero-order chi connectivity index (χ0) is 14.1.